The number of benzene rings is 3. The zero-order valence-corrected chi connectivity index (χ0v) is 24.8. The molecule has 4 atom stereocenters. The van der Waals surface area contributed by atoms with E-state index in [2.05, 4.69) is 15.0 Å². The number of anilines is 1. The van der Waals surface area contributed by atoms with E-state index < -0.39 is 40.1 Å². The SMILES string of the molecule is Nc1nc(Cl)c2ncn([C@@H]3O[C@H]([I-]OCc4ccccc4)[C@@H](OCc4ccccc4)[C@@H]3OCc3ccccc3)c2n1. The van der Waals surface area contributed by atoms with Crippen LogP contribution < -0.4 is 27.4 Å². The molecule has 0 aliphatic carbocycles. The molecule has 0 amide bonds. The maximum atomic E-state index is 6.69. The molecule has 1 aliphatic rings. The number of imidazole rings is 1. The Morgan fingerprint density at radius 2 is 1.34 bits per heavy atom. The number of nitrogens with two attached hydrogens (primary N) is 1. The Hall–Kier alpha value is -3.13. The Bertz CT molecular complexity index is 1560. The molecule has 1 fully saturated rings. The molecule has 2 aromatic heterocycles. The van der Waals surface area contributed by atoms with Crippen LogP contribution in [-0.2, 0) is 37.1 Å². The summed E-state index contributed by atoms with van der Waals surface area (Å²) < 4.78 is 27.6. The van der Waals surface area contributed by atoms with Crippen LogP contribution in [0, 0.1) is 0 Å². The minimum absolute atomic E-state index is 0.0519. The van der Waals surface area contributed by atoms with Gasteiger partial charge in [-0.2, -0.15) is 0 Å². The second kappa shape index (κ2) is 13.2. The van der Waals surface area contributed by atoms with Crippen LogP contribution >= 0.6 is 11.6 Å². The van der Waals surface area contributed by atoms with Crippen LogP contribution in [0.1, 0.15) is 22.9 Å². The predicted molar refractivity (Wildman–Crippen MR) is 150 cm³/mol. The van der Waals surface area contributed by atoms with E-state index in [9.17, 15) is 0 Å². The molecule has 212 valence electrons. The minimum atomic E-state index is -0.927. The summed E-state index contributed by atoms with van der Waals surface area (Å²) >= 11 is 5.42. The van der Waals surface area contributed by atoms with Crippen molar-refractivity contribution in [2.24, 2.45) is 0 Å². The molecule has 1 aliphatic heterocycles. The standard InChI is InChI=1S/C30H28ClIN5O4/c31-26-23-28(36-30(33)35-26)37(19-34-23)29-25(39-17-21-12-6-2-7-13-21)24(38-16-20-10-4-1-5-11-20)27(41-29)32-40-18-22-14-8-3-9-15-22/h1-15,19,24-25,27,29H,16-18H2,(H2,33,35,36)/q-1/t24-,25-,27-,29+/m0/s1. The van der Waals surface area contributed by atoms with Gasteiger partial charge in [-0.3, -0.25) is 0 Å². The molecule has 1 saturated heterocycles. The van der Waals surface area contributed by atoms with Gasteiger partial charge < -0.3 is 0 Å². The van der Waals surface area contributed by atoms with E-state index >= 15 is 0 Å². The van der Waals surface area contributed by atoms with E-state index in [1.165, 1.54) is 0 Å². The molecular weight excluding hydrogens is 657 g/mol. The van der Waals surface area contributed by atoms with Gasteiger partial charge in [-0.15, -0.1) is 0 Å². The summed E-state index contributed by atoms with van der Waals surface area (Å²) in [5.74, 6) is 0.0519. The van der Waals surface area contributed by atoms with Crippen LogP contribution in [-0.4, -0.2) is 35.8 Å². The van der Waals surface area contributed by atoms with Gasteiger partial charge in [0.25, 0.3) is 0 Å². The average Bonchev–Trinajstić information content (AvgIpc) is 3.57. The van der Waals surface area contributed by atoms with Gasteiger partial charge in [-0.1, -0.05) is 0 Å². The topological polar surface area (TPSA) is 107 Å². The van der Waals surface area contributed by atoms with Crippen LogP contribution in [0.3, 0.4) is 0 Å². The average molecular weight is 685 g/mol. The van der Waals surface area contributed by atoms with Crippen molar-refractivity contribution in [3.8, 4) is 0 Å². The fourth-order valence-corrected chi connectivity index (χ4v) is 7.03. The number of ether oxygens (including phenoxy) is 3. The quantitative estimate of drug-likeness (QED) is 0.129. The number of nitrogens with zero attached hydrogens (tertiary/aromatic N) is 4. The van der Waals surface area contributed by atoms with Crippen molar-refractivity contribution in [2.75, 3.05) is 5.73 Å². The van der Waals surface area contributed by atoms with Gasteiger partial charge in [-0.25, -0.2) is 0 Å². The van der Waals surface area contributed by atoms with Crippen molar-refractivity contribution >= 4 is 28.7 Å². The molecule has 0 radical (unpaired) electrons. The maximum absolute atomic E-state index is 6.69. The molecule has 0 bridgehead atoms. The first-order chi connectivity index (χ1) is 20.2. The Morgan fingerprint density at radius 3 is 1.95 bits per heavy atom. The zero-order chi connectivity index (χ0) is 28.0. The number of aromatic nitrogens is 4. The van der Waals surface area contributed by atoms with Gasteiger partial charge in [0.05, 0.1) is 0 Å². The summed E-state index contributed by atoms with van der Waals surface area (Å²) in [5, 5.41) is 0.179. The van der Waals surface area contributed by atoms with Crippen molar-refractivity contribution in [2.45, 2.75) is 42.4 Å². The molecule has 5 aromatic rings. The summed E-state index contributed by atoms with van der Waals surface area (Å²) in [5.41, 5.74) is 10.0. The fourth-order valence-electron chi connectivity index (χ4n) is 4.59. The van der Waals surface area contributed by atoms with E-state index in [0.717, 1.165) is 16.7 Å². The number of rotatable bonds is 11. The molecule has 0 saturated carbocycles. The first kappa shape index (κ1) is 28.0. The van der Waals surface area contributed by atoms with Gasteiger partial charge in [-0.05, 0) is 0 Å². The van der Waals surface area contributed by atoms with Crippen LogP contribution in [0.5, 0.6) is 0 Å². The summed E-state index contributed by atoms with van der Waals surface area (Å²) in [6, 6.07) is 30.1. The van der Waals surface area contributed by atoms with Gasteiger partial charge in [0.2, 0.25) is 0 Å². The molecule has 9 nitrogen and oxygen atoms in total. The first-order valence-corrected chi connectivity index (χ1v) is 15.6. The van der Waals surface area contributed by atoms with Crippen molar-refractivity contribution in [3.05, 3.63) is 119 Å². The Labute approximate surface area is 253 Å². The van der Waals surface area contributed by atoms with Gasteiger partial charge >= 0.3 is 254 Å². The second-order valence-corrected chi connectivity index (χ2v) is 12.1. The van der Waals surface area contributed by atoms with Crippen molar-refractivity contribution < 1.29 is 38.9 Å². The molecule has 0 unspecified atom stereocenters. The van der Waals surface area contributed by atoms with Crippen molar-refractivity contribution in [1.82, 2.24) is 19.5 Å². The summed E-state index contributed by atoms with van der Waals surface area (Å²) in [6.45, 7) is 1.27. The van der Waals surface area contributed by atoms with E-state index in [1.807, 2.05) is 91.0 Å². The molecular formula is C30H28ClIN5O4-. The first-order valence-electron chi connectivity index (χ1n) is 13.1. The third-order valence-corrected chi connectivity index (χ3v) is 9.03. The Morgan fingerprint density at radius 1 is 0.780 bits per heavy atom. The van der Waals surface area contributed by atoms with E-state index in [4.69, 9.17) is 34.6 Å². The predicted octanol–water partition coefficient (Wildman–Crippen LogP) is 2.31. The molecule has 3 heterocycles. The van der Waals surface area contributed by atoms with E-state index in [0.29, 0.717) is 31.0 Å². The molecule has 6 rings (SSSR count). The van der Waals surface area contributed by atoms with Crippen LogP contribution in [0.2, 0.25) is 5.15 Å². The third-order valence-electron chi connectivity index (χ3n) is 6.59. The third kappa shape index (κ3) is 6.69. The Kier molecular flexibility index (Phi) is 9.04. The molecule has 41 heavy (non-hydrogen) atoms. The molecule has 3 aromatic carbocycles. The van der Waals surface area contributed by atoms with Crippen LogP contribution in [0.15, 0.2) is 97.3 Å². The number of hydrogen-bond donors (Lipinski definition) is 1. The molecule has 2 N–H and O–H groups in total. The van der Waals surface area contributed by atoms with Gasteiger partial charge in [0, 0.05) is 0 Å². The summed E-state index contributed by atoms with van der Waals surface area (Å²) in [6.07, 6.45) is 0.101. The zero-order valence-electron chi connectivity index (χ0n) is 21.9. The van der Waals surface area contributed by atoms with E-state index in [1.54, 1.807) is 10.9 Å². The molecule has 11 heteroatoms. The number of alkyl halides is 1. The van der Waals surface area contributed by atoms with E-state index in [-0.39, 0.29) is 15.2 Å². The number of nitrogen functional groups attached to an aromatic ring is 1. The Balaban J connectivity index is 1.31. The van der Waals surface area contributed by atoms with Crippen molar-refractivity contribution in [3.63, 3.8) is 0 Å². The number of fused-ring (bicyclic) bond motifs is 1. The number of hydrogen-bond acceptors (Lipinski definition) is 8. The van der Waals surface area contributed by atoms with Gasteiger partial charge in [0.15, 0.2) is 0 Å². The normalized spacial score (nSPS) is 20.6. The summed E-state index contributed by atoms with van der Waals surface area (Å²) in [7, 11) is 0. The summed E-state index contributed by atoms with van der Waals surface area (Å²) in [4.78, 5) is 12.9. The van der Waals surface area contributed by atoms with Gasteiger partial charge in [0.1, 0.15) is 0 Å². The van der Waals surface area contributed by atoms with Crippen LogP contribution in [0.4, 0.5) is 5.95 Å². The molecule has 0 spiro atoms. The van der Waals surface area contributed by atoms with Crippen molar-refractivity contribution in [1.29, 1.82) is 0 Å². The fraction of sp³-hybridized carbons (Fsp3) is 0.233. The van der Waals surface area contributed by atoms with Crippen LogP contribution in [0.25, 0.3) is 11.2 Å². The second-order valence-electron chi connectivity index (χ2n) is 9.43. The monoisotopic (exact) mass is 684 g/mol. The number of halogens is 2.